The number of nitrogens with zero attached hydrogens (tertiary/aromatic N) is 3. The van der Waals surface area contributed by atoms with E-state index in [4.69, 9.17) is 0 Å². The van der Waals surface area contributed by atoms with Crippen LogP contribution in [0.1, 0.15) is 20.3 Å². The van der Waals surface area contributed by atoms with Gasteiger partial charge in [0.1, 0.15) is 6.54 Å². The molecular weight excluding hydrogens is 288 g/mol. The maximum absolute atomic E-state index is 12.1. The molecule has 1 atom stereocenters. The molecule has 0 saturated carbocycles. The summed E-state index contributed by atoms with van der Waals surface area (Å²) in [5, 5.41) is 8.56. The fraction of sp³-hybridized carbons (Fsp3) is 0.556. The standard InChI is InChI=1S/C18H26N4O/c1-14(2)10-21-8-7-15(11-21)9-19-18(23)13-22-12-16-5-3-4-6-17(16)20-22/h3-6,12,14-15H,7-11,13H2,1-2H3,(H,19,23). The van der Waals surface area contributed by atoms with Crippen LogP contribution in [-0.2, 0) is 11.3 Å². The molecule has 5 heteroatoms. The monoisotopic (exact) mass is 314 g/mol. The third kappa shape index (κ3) is 4.32. The van der Waals surface area contributed by atoms with Gasteiger partial charge in [0.15, 0.2) is 0 Å². The van der Waals surface area contributed by atoms with Gasteiger partial charge in [-0.15, -0.1) is 0 Å². The van der Waals surface area contributed by atoms with Crippen molar-refractivity contribution in [3.8, 4) is 0 Å². The molecule has 0 spiro atoms. The molecule has 0 bridgehead atoms. The van der Waals surface area contributed by atoms with Crippen molar-refractivity contribution in [2.24, 2.45) is 11.8 Å². The second kappa shape index (κ2) is 7.13. The Kier molecular flexibility index (Phi) is 4.96. The number of amides is 1. The van der Waals surface area contributed by atoms with Gasteiger partial charge in [0, 0.05) is 31.2 Å². The molecule has 23 heavy (non-hydrogen) atoms. The summed E-state index contributed by atoms with van der Waals surface area (Å²) in [5.41, 5.74) is 0.931. The summed E-state index contributed by atoms with van der Waals surface area (Å²) in [6.07, 6.45) is 3.10. The van der Waals surface area contributed by atoms with Gasteiger partial charge >= 0.3 is 0 Å². The molecule has 1 unspecified atom stereocenters. The summed E-state index contributed by atoms with van der Waals surface area (Å²) in [4.78, 5) is 14.6. The molecule has 1 aliphatic rings. The number of hydrogen-bond donors (Lipinski definition) is 1. The molecule has 2 aromatic rings. The van der Waals surface area contributed by atoms with E-state index in [0.717, 1.165) is 37.1 Å². The van der Waals surface area contributed by atoms with Crippen molar-refractivity contribution in [1.29, 1.82) is 0 Å². The van der Waals surface area contributed by atoms with Gasteiger partial charge in [-0.2, -0.15) is 5.10 Å². The smallest absolute Gasteiger partial charge is 0.241 e. The minimum atomic E-state index is 0.0418. The zero-order chi connectivity index (χ0) is 16.2. The molecule has 1 fully saturated rings. The van der Waals surface area contributed by atoms with E-state index < -0.39 is 0 Å². The van der Waals surface area contributed by atoms with Crippen LogP contribution in [-0.4, -0.2) is 46.8 Å². The van der Waals surface area contributed by atoms with E-state index >= 15 is 0 Å². The molecule has 1 saturated heterocycles. The van der Waals surface area contributed by atoms with Gasteiger partial charge in [0.05, 0.1) is 5.52 Å². The number of nitrogens with one attached hydrogen (secondary N) is 1. The summed E-state index contributed by atoms with van der Waals surface area (Å²) in [5.74, 6) is 1.33. The third-order valence-electron chi connectivity index (χ3n) is 4.35. The number of fused-ring (bicyclic) bond motifs is 1. The van der Waals surface area contributed by atoms with Gasteiger partial charge in [0.25, 0.3) is 0 Å². The van der Waals surface area contributed by atoms with Crippen LogP contribution >= 0.6 is 0 Å². The van der Waals surface area contributed by atoms with Crippen LogP contribution < -0.4 is 5.32 Å². The van der Waals surface area contributed by atoms with Crippen molar-refractivity contribution in [3.05, 3.63) is 30.5 Å². The topological polar surface area (TPSA) is 50.2 Å². The fourth-order valence-corrected chi connectivity index (χ4v) is 3.32. The average molecular weight is 314 g/mol. The number of aromatic nitrogens is 2. The number of likely N-dealkylation sites (tertiary alicyclic amines) is 1. The molecule has 124 valence electrons. The van der Waals surface area contributed by atoms with Gasteiger partial charge in [-0.25, -0.2) is 0 Å². The zero-order valence-corrected chi connectivity index (χ0v) is 14.0. The Morgan fingerprint density at radius 3 is 3.00 bits per heavy atom. The van der Waals surface area contributed by atoms with Crippen molar-refractivity contribution in [3.63, 3.8) is 0 Å². The molecule has 0 radical (unpaired) electrons. The molecule has 3 rings (SSSR count). The van der Waals surface area contributed by atoms with Gasteiger partial charge in [0.2, 0.25) is 5.91 Å². The zero-order valence-electron chi connectivity index (χ0n) is 14.0. The first-order chi connectivity index (χ1) is 11.1. The van der Waals surface area contributed by atoms with Crippen molar-refractivity contribution in [2.45, 2.75) is 26.8 Å². The second-order valence-electron chi connectivity index (χ2n) is 7.00. The summed E-state index contributed by atoms with van der Waals surface area (Å²) in [6.45, 7) is 8.98. The number of carbonyl (C=O) groups excluding carboxylic acids is 1. The van der Waals surface area contributed by atoms with Crippen molar-refractivity contribution < 1.29 is 4.79 Å². The summed E-state index contributed by atoms with van der Waals surface area (Å²) >= 11 is 0. The highest BCUT2D eigenvalue weighted by Gasteiger charge is 2.23. The minimum absolute atomic E-state index is 0.0418. The SMILES string of the molecule is CC(C)CN1CCC(CNC(=O)Cn2cc3ccccc3n2)C1. The Morgan fingerprint density at radius 2 is 2.22 bits per heavy atom. The highest BCUT2D eigenvalue weighted by molar-refractivity contribution is 5.79. The number of rotatable bonds is 6. The Balaban J connectivity index is 1.45. The van der Waals surface area contributed by atoms with Crippen LogP contribution in [0.25, 0.3) is 10.9 Å². The number of benzene rings is 1. The summed E-state index contributed by atoms with van der Waals surface area (Å²) < 4.78 is 1.72. The second-order valence-corrected chi connectivity index (χ2v) is 7.00. The van der Waals surface area contributed by atoms with E-state index in [1.807, 2.05) is 30.5 Å². The van der Waals surface area contributed by atoms with Crippen LogP contribution in [0.5, 0.6) is 0 Å². The highest BCUT2D eigenvalue weighted by atomic mass is 16.2. The molecule has 1 aromatic heterocycles. The molecular formula is C18H26N4O. The molecule has 1 aliphatic heterocycles. The predicted molar refractivity (Wildman–Crippen MR) is 92.1 cm³/mol. The molecule has 1 N–H and O–H groups in total. The highest BCUT2D eigenvalue weighted by Crippen LogP contribution is 2.16. The van der Waals surface area contributed by atoms with E-state index in [-0.39, 0.29) is 12.5 Å². The number of hydrogen-bond acceptors (Lipinski definition) is 3. The Labute approximate surface area is 137 Å². The lowest BCUT2D eigenvalue weighted by Crippen LogP contribution is -2.33. The lowest BCUT2D eigenvalue weighted by atomic mass is 10.1. The molecule has 5 nitrogen and oxygen atoms in total. The van der Waals surface area contributed by atoms with Crippen LogP contribution in [0.4, 0.5) is 0 Å². The lowest BCUT2D eigenvalue weighted by molar-refractivity contribution is -0.122. The first kappa shape index (κ1) is 16.0. The van der Waals surface area contributed by atoms with Gasteiger partial charge in [-0.05, 0) is 30.9 Å². The average Bonchev–Trinajstić information content (AvgIpc) is 3.10. The minimum Gasteiger partial charge on any atom is -0.354 e. The van der Waals surface area contributed by atoms with E-state index in [9.17, 15) is 4.79 Å². The van der Waals surface area contributed by atoms with Crippen molar-refractivity contribution in [2.75, 3.05) is 26.2 Å². The quantitative estimate of drug-likeness (QED) is 0.888. The first-order valence-corrected chi connectivity index (χ1v) is 8.51. The van der Waals surface area contributed by atoms with Crippen LogP contribution in [0.2, 0.25) is 0 Å². The largest absolute Gasteiger partial charge is 0.354 e. The molecule has 1 aromatic carbocycles. The van der Waals surface area contributed by atoms with E-state index in [2.05, 4.69) is 29.2 Å². The molecule has 0 aliphatic carbocycles. The Hall–Kier alpha value is -1.88. The van der Waals surface area contributed by atoms with Crippen LogP contribution in [0.15, 0.2) is 30.5 Å². The number of carbonyl (C=O) groups is 1. The Morgan fingerprint density at radius 1 is 1.39 bits per heavy atom. The van der Waals surface area contributed by atoms with Crippen molar-refractivity contribution in [1.82, 2.24) is 20.0 Å². The van der Waals surface area contributed by atoms with Gasteiger partial charge in [-0.1, -0.05) is 32.0 Å². The van der Waals surface area contributed by atoms with Crippen LogP contribution in [0.3, 0.4) is 0 Å². The Bertz CT molecular complexity index is 631. The maximum atomic E-state index is 12.1. The summed E-state index contributed by atoms with van der Waals surface area (Å²) in [7, 11) is 0. The van der Waals surface area contributed by atoms with Crippen LogP contribution in [0, 0.1) is 11.8 Å². The van der Waals surface area contributed by atoms with E-state index in [0.29, 0.717) is 11.8 Å². The predicted octanol–water partition coefficient (Wildman–Crippen LogP) is 2.13. The third-order valence-corrected chi connectivity index (χ3v) is 4.35. The lowest BCUT2D eigenvalue weighted by Gasteiger charge is -2.18. The van der Waals surface area contributed by atoms with E-state index in [1.54, 1.807) is 4.68 Å². The van der Waals surface area contributed by atoms with Crippen molar-refractivity contribution >= 4 is 16.8 Å². The fourth-order valence-electron chi connectivity index (χ4n) is 3.32. The normalized spacial score (nSPS) is 18.8. The molecule has 1 amide bonds. The van der Waals surface area contributed by atoms with Gasteiger partial charge < -0.3 is 10.2 Å². The summed E-state index contributed by atoms with van der Waals surface area (Å²) in [6, 6.07) is 7.92. The molecule has 2 heterocycles. The van der Waals surface area contributed by atoms with Gasteiger partial charge in [-0.3, -0.25) is 9.48 Å². The van der Waals surface area contributed by atoms with E-state index in [1.165, 1.54) is 6.42 Å². The first-order valence-electron chi connectivity index (χ1n) is 8.51. The maximum Gasteiger partial charge on any atom is 0.241 e.